The number of halogens is 3. The van der Waals surface area contributed by atoms with E-state index in [0.717, 1.165) is 11.0 Å². The number of carbonyl (C=O) groups is 2. The van der Waals surface area contributed by atoms with Gasteiger partial charge in [0.2, 0.25) is 11.8 Å². The number of benzene rings is 1. The molecule has 7 heteroatoms. The molecule has 1 aromatic rings. The van der Waals surface area contributed by atoms with Crippen molar-refractivity contribution in [1.82, 2.24) is 4.90 Å². The lowest BCUT2D eigenvalue weighted by atomic mass is 10.1. The minimum absolute atomic E-state index is 0.0719. The first-order valence-corrected chi connectivity index (χ1v) is 6.56. The minimum Gasteiger partial charge on any atom is -0.330 e. The average molecular weight is 298 g/mol. The lowest BCUT2D eigenvalue weighted by Crippen LogP contribution is -2.35. The molecule has 1 heterocycles. The number of hydrogen-bond donors (Lipinski definition) is 1. The fourth-order valence-electron chi connectivity index (χ4n) is 3.07. The Bertz CT molecular complexity index is 592. The van der Waals surface area contributed by atoms with Gasteiger partial charge in [0.05, 0.1) is 23.9 Å². The Labute approximate surface area is 118 Å². The summed E-state index contributed by atoms with van der Waals surface area (Å²) in [6.07, 6.45) is -4.51. The predicted octanol–water partition coefficient (Wildman–Crippen LogP) is 1.40. The summed E-state index contributed by atoms with van der Waals surface area (Å²) < 4.78 is 38.7. The van der Waals surface area contributed by atoms with Crippen LogP contribution in [-0.4, -0.2) is 23.3 Å². The number of piperidine rings is 1. The lowest BCUT2D eigenvalue weighted by Gasteiger charge is -2.20. The molecule has 1 saturated heterocycles. The second-order valence-electron chi connectivity index (χ2n) is 5.37. The molecule has 2 atom stereocenters. The number of hydrogen-bond acceptors (Lipinski definition) is 3. The third-order valence-corrected chi connectivity index (χ3v) is 4.19. The number of alkyl halides is 3. The van der Waals surface area contributed by atoms with Crippen LogP contribution in [0, 0.1) is 17.8 Å². The molecule has 2 aliphatic rings. The number of rotatable bonds is 3. The molecule has 0 radical (unpaired) electrons. The molecule has 0 bridgehead atoms. The summed E-state index contributed by atoms with van der Waals surface area (Å²) in [7, 11) is 0. The molecule has 1 aliphatic carbocycles. The van der Waals surface area contributed by atoms with Gasteiger partial charge in [0.25, 0.3) is 0 Å². The van der Waals surface area contributed by atoms with Gasteiger partial charge in [-0.3, -0.25) is 14.5 Å². The van der Waals surface area contributed by atoms with Crippen LogP contribution < -0.4 is 5.73 Å². The van der Waals surface area contributed by atoms with Crippen molar-refractivity contribution in [2.24, 2.45) is 23.5 Å². The summed E-state index contributed by atoms with van der Waals surface area (Å²) in [4.78, 5) is 25.0. The van der Waals surface area contributed by atoms with Gasteiger partial charge >= 0.3 is 6.18 Å². The summed E-state index contributed by atoms with van der Waals surface area (Å²) in [5.74, 6) is -1.81. The number of nitrogens with zero attached hydrogens (tertiary/aromatic N) is 1. The molecular formula is C14H13F3N2O2. The average Bonchev–Trinajstić information content (AvgIpc) is 3.11. The van der Waals surface area contributed by atoms with Gasteiger partial charge in [0, 0.05) is 0 Å². The summed E-state index contributed by atoms with van der Waals surface area (Å²) in [5.41, 5.74) is 4.57. The highest BCUT2D eigenvalue weighted by Gasteiger charge is 2.66. The number of carbonyl (C=O) groups excluding carboxylic acids is 2. The maximum atomic E-state index is 12.9. The van der Waals surface area contributed by atoms with E-state index < -0.39 is 35.4 Å². The highest BCUT2D eigenvalue weighted by atomic mass is 19.4. The summed E-state index contributed by atoms with van der Waals surface area (Å²) >= 11 is 0. The van der Waals surface area contributed by atoms with Crippen molar-refractivity contribution in [2.75, 3.05) is 6.54 Å². The third kappa shape index (κ3) is 2.12. The van der Waals surface area contributed by atoms with Gasteiger partial charge in [0.15, 0.2) is 0 Å². The van der Waals surface area contributed by atoms with Gasteiger partial charge < -0.3 is 5.73 Å². The standard InChI is InChI=1S/C14H13F3N2O2/c15-14(16,17)9-4-2-1-3-7(9)6-19-12(20)10-8(5-18)11(10)13(19)21/h1-4,8,10-11H,5-6,18H2. The van der Waals surface area contributed by atoms with Gasteiger partial charge in [-0.15, -0.1) is 0 Å². The van der Waals surface area contributed by atoms with E-state index >= 15 is 0 Å². The smallest absolute Gasteiger partial charge is 0.330 e. The maximum Gasteiger partial charge on any atom is 0.416 e. The quantitative estimate of drug-likeness (QED) is 0.858. The molecule has 0 spiro atoms. The van der Waals surface area contributed by atoms with E-state index in [1.54, 1.807) is 0 Å². The zero-order valence-electron chi connectivity index (χ0n) is 10.9. The Morgan fingerprint density at radius 2 is 1.67 bits per heavy atom. The first kappa shape index (κ1) is 14.1. The van der Waals surface area contributed by atoms with E-state index in [-0.39, 0.29) is 24.6 Å². The molecule has 112 valence electrons. The second-order valence-corrected chi connectivity index (χ2v) is 5.37. The van der Waals surface area contributed by atoms with Crippen molar-refractivity contribution in [1.29, 1.82) is 0 Å². The van der Waals surface area contributed by atoms with Crippen LogP contribution >= 0.6 is 0 Å². The van der Waals surface area contributed by atoms with E-state index in [4.69, 9.17) is 5.73 Å². The first-order chi connectivity index (χ1) is 9.86. The molecule has 1 aliphatic heterocycles. The van der Waals surface area contributed by atoms with E-state index in [1.165, 1.54) is 18.2 Å². The highest BCUT2D eigenvalue weighted by Crippen LogP contribution is 2.53. The van der Waals surface area contributed by atoms with E-state index in [9.17, 15) is 22.8 Å². The van der Waals surface area contributed by atoms with Crippen LogP contribution in [0.1, 0.15) is 11.1 Å². The van der Waals surface area contributed by atoms with E-state index in [2.05, 4.69) is 0 Å². The second kappa shape index (κ2) is 4.56. The minimum atomic E-state index is -4.51. The number of imide groups is 1. The van der Waals surface area contributed by atoms with E-state index in [0.29, 0.717) is 0 Å². The topological polar surface area (TPSA) is 63.4 Å². The van der Waals surface area contributed by atoms with Gasteiger partial charge in [-0.05, 0) is 24.1 Å². The zero-order chi connectivity index (χ0) is 15.4. The van der Waals surface area contributed by atoms with Crippen LogP contribution in [0.4, 0.5) is 13.2 Å². The number of fused-ring (bicyclic) bond motifs is 1. The fraction of sp³-hybridized carbons (Fsp3) is 0.429. The number of amides is 2. The Hall–Kier alpha value is -1.89. The van der Waals surface area contributed by atoms with Gasteiger partial charge in [-0.25, -0.2) is 0 Å². The van der Waals surface area contributed by atoms with Gasteiger partial charge in [0.1, 0.15) is 0 Å². The van der Waals surface area contributed by atoms with Gasteiger partial charge in [-0.1, -0.05) is 18.2 Å². The van der Waals surface area contributed by atoms with Crippen molar-refractivity contribution in [3.05, 3.63) is 35.4 Å². The normalized spacial score (nSPS) is 28.0. The zero-order valence-corrected chi connectivity index (χ0v) is 10.9. The van der Waals surface area contributed by atoms with Crippen molar-refractivity contribution < 1.29 is 22.8 Å². The molecule has 2 unspecified atom stereocenters. The molecule has 4 nitrogen and oxygen atoms in total. The van der Waals surface area contributed by atoms with Crippen molar-refractivity contribution in [3.8, 4) is 0 Å². The first-order valence-electron chi connectivity index (χ1n) is 6.56. The molecule has 2 N–H and O–H groups in total. The van der Waals surface area contributed by atoms with Crippen LogP contribution in [0.25, 0.3) is 0 Å². The molecule has 21 heavy (non-hydrogen) atoms. The fourth-order valence-corrected chi connectivity index (χ4v) is 3.07. The summed E-state index contributed by atoms with van der Waals surface area (Å²) in [5, 5.41) is 0. The summed E-state index contributed by atoms with van der Waals surface area (Å²) in [6.45, 7) is -0.0859. The molecule has 0 aromatic heterocycles. The molecule has 3 rings (SSSR count). The Kier molecular flexibility index (Phi) is 3.05. The number of nitrogens with two attached hydrogens (primary N) is 1. The van der Waals surface area contributed by atoms with Crippen molar-refractivity contribution in [2.45, 2.75) is 12.7 Å². The molecular weight excluding hydrogens is 285 g/mol. The van der Waals surface area contributed by atoms with Crippen molar-refractivity contribution >= 4 is 11.8 Å². The van der Waals surface area contributed by atoms with Crippen LogP contribution in [0.2, 0.25) is 0 Å². The van der Waals surface area contributed by atoms with Crippen molar-refractivity contribution in [3.63, 3.8) is 0 Å². The highest BCUT2D eigenvalue weighted by molar-refractivity contribution is 6.09. The largest absolute Gasteiger partial charge is 0.416 e. The van der Waals surface area contributed by atoms with Crippen LogP contribution in [0.5, 0.6) is 0 Å². The van der Waals surface area contributed by atoms with Gasteiger partial charge in [-0.2, -0.15) is 13.2 Å². The maximum absolute atomic E-state index is 12.9. The predicted molar refractivity (Wildman–Crippen MR) is 66.5 cm³/mol. The monoisotopic (exact) mass is 298 g/mol. The Morgan fingerprint density at radius 1 is 1.10 bits per heavy atom. The molecule has 2 fully saturated rings. The lowest BCUT2D eigenvalue weighted by molar-refractivity contribution is -0.145. The molecule has 2 amide bonds. The Balaban J connectivity index is 1.84. The SMILES string of the molecule is NCC1C2C(=O)N(Cc3ccccc3C(F)(F)F)C(=O)C12. The molecule has 1 saturated carbocycles. The van der Waals surface area contributed by atoms with Crippen LogP contribution in [0.3, 0.4) is 0 Å². The van der Waals surface area contributed by atoms with Crippen LogP contribution in [-0.2, 0) is 22.3 Å². The molecule has 1 aromatic carbocycles. The summed E-state index contributed by atoms with van der Waals surface area (Å²) in [6, 6.07) is 4.97. The van der Waals surface area contributed by atoms with E-state index in [1.807, 2.05) is 0 Å². The van der Waals surface area contributed by atoms with Crippen LogP contribution in [0.15, 0.2) is 24.3 Å². The third-order valence-electron chi connectivity index (χ3n) is 4.19. The Morgan fingerprint density at radius 3 is 2.19 bits per heavy atom. The number of likely N-dealkylation sites (tertiary alicyclic amines) is 1.